The third-order valence-electron chi connectivity index (χ3n) is 3.31. The first-order valence-electron chi connectivity index (χ1n) is 5.61. The second-order valence-electron chi connectivity index (χ2n) is 4.43. The van der Waals surface area contributed by atoms with E-state index in [1.165, 1.54) is 32.1 Å². The van der Waals surface area contributed by atoms with Gasteiger partial charge in [-0.2, -0.15) is 0 Å². The van der Waals surface area contributed by atoms with Crippen molar-refractivity contribution in [3.8, 4) is 0 Å². The molecule has 0 aliphatic heterocycles. The Hall–Kier alpha value is -0.990. The van der Waals surface area contributed by atoms with Crippen LogP contribution in [0.2, 0.25) is 0 Å². The van der Waals surface area contributed by atoms with Crippen LogP contribution in [-0.4, -0.2) is 12.5 Å². The van der Waals surface area contributed by atoms with Crippen LogP contribution in [0.1, 0.15) is 32.1 Å². The van der Waals surface area contributed by atoms with Crippen molar-refractivity contribution in [2.45, 2.75) is 32.1 Å². The molecule has 0 aromatic rings. The molecule has 3 nitrogen and oxygen atoms in total. The zero-order chi connectivity index (χ0) is 9.97. The van der Waals surface area contributed by atoms with E-state index in [2.05, 4.69) is 11.1 Å². The standard InChI is InChI=1S/C11H19N3/c12-11(13)14-6-2-5-8-3-1-4-9-7-10(8)9/h7-9H,1-6H2,(H4,12,13,14)/p+1/t8-,9?/m0/s1. The molecule has 0 aromatic carbocycles. The lowest BCUT2D eigenvalue weighted by molar-refractivity contribution is -0.459. The maximum absolute atomic E-state index is 5.32. The number of hydrogen-bond donors (Lipinski definition) is 3. The van der Waals surface area contributed by atoms with Crippen LogP contribution >= 0.6 is 0 Å². The Bertz CT molecular complexity index is 264. The van der Waals surface area contributed by atoms with Gasteiger partial charge in [0.25, 0.3) is 0 Å². The van der Waals surface area contributed by atoms with Crippen molar-refractivity contribution in [3.05, 3.63) is 11.6 Å². The molecule has 0 amide bonds. The molecule has 3 heteroatoms. The largest absolute Gasteiger partial charge is 0.338 e. The Morgan fingerprint density at radius 3 is 3.07 bits per heavy atom. The molecular weight excluding hydrogens is 174 g/mol. The van der Waals surface area contributed by atoms with Crippen LogP contribution < -0.4 is 16.5 Å². The van der Waals surface area contributed by atoms with Crippen molar-refractivity contribution in [1.29, 1.82) is 0 Å². The average Bonchev–Trinajstić information content (AvgIpc) is 2.91. The third-order valence-corrected chi connectivity index (χ3v) is 3.31. The Balaban J connectivity index is 1.66. The predicted octanol–water partition coefficient (Wildman–Crippen LogP) is -0.523. The molecule has 5 N–H and O–H groups in total. The smallest absolute Gasteiger partial charge is 0.291 e. The number of hydrogen-bond acceptors (Lipinski definition) is 0. The number of nitrogens with one attached hydrogen (secondary N) is 1. The van der Waals surface area contributed by atoms with Gasteiger partial charge in [-0.1, -0.05) is 18.1 Å². The molecule has 0 radical (unpaired) electrons. The predicted molar refractivity (Wildman–Crippen MR) is 57.4 cm³/mol. The fraction of sp³-hybridized carbons (Fsp3) is 0.727. The second kappa shape index (κ2) is 4.03. The van der Waals surface area contributed by atoms with Crippen molar-refractivity contribution in [3.63, 3.8) is 0 Å². The van der Waals surface area contributed by atoms with E-state index < -0.39 is 0 Å². The van der Waals surface area contributed by atoms with Crippen LogP contribution in [0, 0.1) is 11.8 Å². The van der Waals surface area contributed by atoms with Crippen LogP contribution in [0.5, 0.6) is 0 Å². The van der Waals surface area contributed by atoms with E-state index in [4.69, 9.17) is 11.5 Å². The van der Waals surface area contributed by atoms with Gasteiger partial charge in [0.1, 0.15) is 0 Å². The molecule has 1 unspecified atom stereocenters. The van der Waals surface area contributed by atoms with Crippen molar-refractivity contribution in [2.24, 2.45) is 23.3 Å². The van der Waals surface area contributed by atoms with Crippen LogP contribution in [0.3, 0.4) is 0 Å². The Morgan fingerprint density at radius 1 is 1.43 bits per heavy atom. The lowest BCUT2D eigenvalue weighted by atomic mass is 9.86. The first-order valence-corrected chi connectivity index (χ1v) is 5.61. The zero-order valence-corrected chi connectivity index (χ0v) is 8.63. The van der Waals surface area contributed by atoms with Crippen molar-refractivity contribution < 1.29 is 4.99 Å². The summed E-state index contributed by atoms with van der Waals surface area (Å²) in [5.74, 6) is 2.11. The van der Waals surface area contributed by atoms with Crippen LogP contribution in [0.15, 0.2) is 11.6 Å². The molecule has 78 valence electrons. The molecule has 0 bridgehead atoms. The molecule has 0 saturated heterocycles. The van der Waals surface area contributed by atoms with Gasteiger partial charge in [0.15, 0.2) is 0 Å². The highest BCUT2D eigenvalue weighted by Crippen LogP contribution is 2.47. The molecule has 0 aromatic heterocycles. The monoisotopic (exact) mass is 194 g/mol. The van der Waals surface area contributed by atoms with Crippen molar-refractivity contribution >= 4 is 5.96 Å². The summed E-state index contributed by atoms with van der Waals surface area (Å²) >= 11 is 0. The van der Waals surface area contributed by atoms with Gasteiger partial charge in [0, 0.05) is 0 Å². The molecule has 14 heavy (non-hydrogen) atoms. The zero-order valence-electron chi connectivity index (χ0n) is 8.63. The number of rotatable bonds is 4. The van der Waals surface area contributed by atoms with Gasteiger partial charge in [-0.05, 0) is 37.5 Å². The summed E-state index contributed by atoms with van der Waals surface area (Å²) in [7, 11) is 0. The summed E-state index contributed by atoms with van der Waals surface area (Å²) in [5.41, 5.74) is 12.4. The summed E-state index contributed by atoms with van der Waals surface area (Å²) in [6.07, 6.45) is 9.13. The minimum Gasteiger partial charge on any atom is -0.291 e. The number of guanidine groups is 1. The van der Waals surface area contributed by atoms with E-state index in [-0.39, 0.29) is 0 Å². The highest BCUT2D eigenvalue weighted by Gasteiger charge is 2.34. The molecular formula is C11H20N3+. The molecule has 2 aliphatic carbocycles. The lowest BCUT2D eigenvalue weighted by Gasteiger charge is -2.19. The molecule has 2 aliphatic rings. The Morgan fingerprint density at radius 2 is 2.29 bits per heavy atom. The second-order valence-corrected chi connectivity index (χ2v) is 4.43. The van der Waals surface area contributed by atoms with E-state index in [1.807, 2.05) is 0 Å². The summed E-state index contributed by atoms with van der Waals surface area (Å²) < 4.78 is 0. The maximum Gasteiger partial charge on any atom is 0.338 e. The summed E-state index contributed by atoms with van der Waals surface area (Å²) in [5, 5.41) is 0. The van der Waals surface area contributed by atoms with Crippen LogP contribution in [-0.2, 0) is 0 Å². The van der Waals surface area contributed by atoms with Gasteiger partial charge in [0.05, 0.1) is 6.54 Å². The first-order chi connectivity index (χ1) is 6.77. The Kier molecular flexibility index (Phi) is 2.75. The molecule has 0 heterocycles. The van der Waals surface area contributed by atoms with Gasteiger partial charge < -0.3 is 0 Å². The van der Waals surface area contributed by atoms with E-state index in [0.29, 0.717) is 5.96 Å². The minimum atomic E-state index is 0.345. The third kappa shape index (κ3) is 2.28. The molecule has 2 rings (SSSR count). The quantitative estimate of drug-likeness (QED) is 0.244. The highest BCUT2D eigenvalue weighted by molar-refractivity contribution is 5.69. The first kappa shape index (κ1) is 9.56. The van der Waals surface area contributed by atoms with E-state index in [0.717, 1.165) is 18.4 Å². The summed E-state index contributed by atoms with van der Waals surface area (Å²) in [6, 6.07) is 0. The van der Waals surface area contributed by atoms with Gasteiger partial charge in [-0.3, -0.25) is 16.5 Å². The highest BCUT2D eigenvalue weighted by atomic mass is 15.0. The number of nitrogens with two attached hydrogens (primary N) is 2. The Labute approximate surface area is 85.3 Å². The normalized spacial score (nSPS) is 29.0. The maximum atomic E-state index is 5.32. The molecule has 0 spiro atoms. The summed E-state index contributed by atoms with van der Waals surface area (Å²) in [4.78, 5) is 2.97. The number of fused-ring (bicyclic) bond motifs is 1. The van der Waals surface area contributed by atoms with E-state index in [9.17, 15) is 0 Å². The van der Waals surface area contributed by atoms with Crippen LogP contribution in [0.25, 0.3) is 0 Å². The van der Waals surface area contributed by atoms with Crippen molar-refractivity contribution in [1.82, 2.24) is 0 Å². The van der Waals surface area contributed by atoms with E-state index in [1.54, 1.807) is 5.57 Å². The number of allylic oxidation sites excluding steroid dienone is 2. The van der Waals surface area contributed by atoms with Crippen LogP contribution in [0.4, 0.5) is 0 Å². The van der Waals surface area contributed by atoms with Crippen molar-refractivity contribution in [2.75, 3.05) is 6.54 Å². The molecule has 1 fully saturated rings. The van der Waals surface area contributed by atoms with Gasteiger partial charge in [0.2, 0.25) is 0 Å². The molecule has 1 saturated carbocycles. The average molecular weight is 194 g/mol. The van der Waals surface area contributed by atoms with Gasteiger partial charge in [-0.15, -0.1) is 0 Å². The summed E-state index contributed by atoms with van der Waals surface area (Å²) in [6.45, 7) is 0.913. The fourth-order valence-corrected chi connectivity index (χ4v) is 2.52. The SMILES string of the molecule is NC(N)=[NH+]CCC[C@@H]1CCCC2C=C21. The van der Waals surface area contributed by atoms with Gasteiger partial charge >= 0.3 is 5.96 Å². The topological polar surface area (TPSA) is 66.0 Å². The lowest BCUT2D eigenvalue weighted by Crippen LogP contribution is -2.78. The van der Waals surface area contributed by atoms with Gasteiger partial charge in [-0.25, -0.2) is 0 Å². The minimum absolute atomic E-state index is 0.345. The fourth-order valence-electron chi connectivity index (χ4n) is 2.52. The molecule has 2 atom stereocenters. The van der Waals surface area contributed by atoms with E-state index >= 15 is 0 Å².